The van der Waals surface area contributed by atoms with E-state index in [2.05, 4.69) is 34.3 Å². The summed E-state index contributed by atoms with van der Waals surface area (Å²) in [7, 11) is 0. The zero-order valence-electron chi connectivity index (χ0n) is 24.6. The Morgan fingerprint density at radius 1 is 1.20 bits per heavy atom. The number of fused-ring (bicyclic) bond motifs is 2. The zero-order valence-corrected chi connectivity index (χ0v) is 24.6. The average Bonchev–Trinajstić information content (AvgIpc) is 3.64. The third-order valence-electron chi connectivity index (χ3n) is 9.53. The molecule has 1 aromatic carbocycles. The molecule has 1 unspecified atom stereocenters. The topological polar surface area (TPSA) is 122 Å². The number of amides is 1. The van der Waals surface area contributed by atoms with E-state index in [1.165, 1.54) is 12.3 Å². The highest BCUT2D eigenvalue weighted by atomic mass is 16.5. The number of hydrogen-bond acceptors (Lipinski definition) is 7. The summed E-state index contributed by atoms with van der Waals surface area (Å²) in [6.07, 6.45) is 13.6. The second-order valence-corrected chi connectivity index (χ2v) is 12.0. The zero-order chi connectivity index (χ0) is 30.4. The predicted molar refractivity (Wildman–Crippen MR) is 165 cm³/mol. The SMILES string of the molecule is C=CC(=O)N1CCC2(CC1)CC(n1ncc(-c3cc(OC(CO)c4cncc5ccccc45)c4c(C#N)cnn4c3)c1C)C2. The van der Waals surface area contributed by atoms with Gasteiger partial charge in [-0.15, -0.1) is 0 Å². The van der Waals surface area contributed by atoms with Gasteiger partial charge >= 0.3 is 0 Å². The number of likely N-dealkylation sites (tertiary alicyclic amines) is 1. The molecule has 5 aromatic rings. The van der Waals surface area contributed by atoms with Crippen LogP contribution < -0.4 is 4.74 Å². The van der Waals surface area contributed by atoms with Gasteiger partial charge in [0.2, 0.25) is 5.91 Å². The third-order valence-corrected chi connectivity index (χ3v) is 9.53. The van der Waals surface area contributed by atoms with E-state index in [9.17, 15) is 15.2 Å². The van der Waals surface area contributed by atoms with Gasteiger partial charge in [0.1, 0.15) is 29.0 Å². The maximum Gasteiger partial charge on any atom is 0.245 e. The van der Waals surface area contributed by atoms with Crippen LogP contribution in [0, 0.1) is 23.7 Å². The van der Waals surface area contributed by atoms with Crippen LogP contribution in [-0.4, -0.2) is 60.0 Å². The van der Waals surface area contributed by atoms with Gasteiger partial charge in [-0.05, 0) is 55.6 Å². The second kappa shape index (κ2) is 10.9. The summed E-state index contributed by atoms with van der Waals surface area (Å²) in [6, 6.07) is 12.3. The molecule has 222 valence electrons. The van der Waals surface area contributed by atoms with E-state index >= 15 is 0 Å². The molecule has 7 rings (SSSR count). The minimum atomic E-state index is -0.711. The van der Waals surface area contributed by atoms with Gasteiger partial charge in [-0.3, -0.25) is 14.5 Å². The molecule has 2 fully saturated rings. The van der Waals surface area contributed by atoms with E-state index < -0.39 is 6.10 Å². The quantitative estimate of drug-likeness (QED) is 0.261. The third kappa shape index (κ3) is 4.61. The molecule has 1 spiro atoms. The van der Waals surface area contributed by atoms with Crippen LogP contribution in [0.1, 0.15) is 54.6 Å². The molecular formula is C34H33N7O3. The molecule has 1 aliphatic carbocycles. The highest BCUT2D eigenvalue weighted by Gasteiger charge is 2.47. The van der Waals surface area contributed by atoms with E-state index in [1.54, 1.807) is 16.9 Å². The van der Waals surface area contributed by atoms with Crippen LogP contribution in [0.25, 0.3) is 27.4 Å². The fraction of sp³-hybridized carbons (Fsp3) is 0.324. The molecule has 1 saturated carbocycles. The number of ether oxygens (including phenoxy) is 1. The smallest absolute Gasteiger partial charge is 0.245 e. The molecule has 44 heavy (non-hydrogen) atoms. The summed E-state index contributed by atoms with van der Waals surface area (Å²) < 4.78 is 10.3. The molecule has 1 saturated heterocycles. The van der Waals surface area contributed by atoms with E-state index in [1.807, 2.05) is 47.6 Å². The number of hydrogen-bond donors (Lipinski definition) is 1. The Morgan fingerprint density at radius 2 is 2.00 bits per heavy atom. The summed E-state index contributed by atoms with van der Waals surface area (Å²) in [5, 5.41) is 31.4. The Morgan fingerprint density at radius 3 is 2.75 bits per heavy atom. The number of carbonyl (C=O) groups is 1. The van der Waals surface area contributed by atoms with E-state index in [0.29, 0.717) is 22.9 Å². The highest BCUT2D eigenvalue weighted by molar-refractivity contribution is 5.87. The number of aliphatic hydroxyl groups excluding tert-OH is 1. The summed E-state index contributed by atoms with van der Waals surface area (Å²) in [5.41, 5.74) is 4.78. The molecule has 5 heterocycles. The Hall–Kier alpha value is -5.01. The van der Waals surface area contributed by atoms with Crippen molar-refractivity contribution in [2.45, 2.75) is 44.8 Å². The maximum absolute atomic E-state index is 12.0. The second-order valence-electron chi connectivity index (χ2n) is 12.0. The van der Waals surface area contributed by atoms with Gasteiger partial charge in [0.05, 0.1) is 25.0 Å². The van der Waals surface area contributed by atoms with E-state index in [-0.39, 0.29) is 17.9 Å². The van der Waals surface area contributed by atoms with E-state index in [0.717, 1.165) is 71.9 Å². The van der Waals surface area contributed by atoms with Gasteiger partial charge in [-0.25, -0.2) is 4.52 Å². The lowest BCUT2D eigenvalue weighted by atomic mass is 9.60. The van der Waals surface area contributed by atoms with Gasteiger partial charge in [-0.1, -0.05) is 30.8 Å². The summed E-state index contributed by atoms with van der Waals surface area (Å²) in [4.78, 5) is 18.3. The molecular weight excluding hydrogens is 554 g/mol. The van der Waals surface area contributed by atoms with Crippen LogP contribution in [0.2, 0.25) is 0 Å². The Labute approximate surface area is 254 Å². The average molecular weight is 588 g/mol. The first-order valence-corrected chi connectivity index (χ1v) is 14.9. The molecule has 1 amide bonds. The standard InChI is InChI=1S/C34H33N7O3/c1-3-32(43)39-10-8-34(9-11-39)13-26(14-34)41-22(2)28(19-38-41)24-12-30(33-25(15-35)17-37-40(33)20-24)44-31(21-42)29-18-36-16-23-6-4-5-7-27(23)29/h3-7,12,16-20,26,31,42H,1,8-11,13-14,21H2,2H3. The Kier molecular flexibility index (Phi) is 6.90. The molecule has 2 aliphatic rings. The summed E-state index contributed by atoms with van der Waals surface area (Å²) in [6.45, 7) is 6.98. The monoisotopic (exact) mass is 587 g/mol. The molecule has 1 aliphatic heterocycles. The lowest BCUT2D eigenvalue weighted by Crippen LogP contribution is -2.49. The van der Waals surface area contributed by atoms with E-state index in [4.69, 9.17) is 9.84 Å². The molecule has 4 aromatic heterocycles. The minimum Gasteiger partial charge on any atom is -0.481 e. The van der Waals surface area contributed by atoms with Gasteiger partial charge in [0, 0.05) is 59.5 Å². The van der Waals surface area contributed by atoms with Crippen molar-refractivity contribution in [3.63, 3.8) is 0 Å². The largest absolute Gasteiger partial charge is 0.481 e. The first-order valence-electron chi connectivity index (χ1n) is 14.9. The maximum atomic E-state index is 12.0. The van der Waals surface area contributed by atoms with Crippen LogP contribution in [0.5, 0.6) is 5.75 Å². The Balaban J connectivity index is 1.18. The fourth-order valence-corrected chi connectivity index (χ4v) is 7.08. The first-order chi connectivity index (χ1) is 21.4. The van der Waals surface area contributed by atoms with Crippen molar-refractivity contribution in [1.29, 1.82) is 5.26 Å². The Bertz CT molecular complexity index is 1930. The predicted octanol–water partition coefficient (Wildman–Crippen LogP) is 5.17. The molecule has 0 radical (unpaired) electrons. The van der Waals surface area contributed by atoms with Crippen LogP contribution in [0.3, 0.4) is 0 Å². The molecule has 10 heteroatoms. The summed E-state index contributed by atoms with van der Waals surface area (Å²) >= 11 is 0. The normalized spacial score (nSPS) is 17.0. The highest BCUT2D eigenvalue weighted by Crippen LogP contribution is 2.55. The fourth-order valence-electron chi connectivity index (χ4n) is 7.08. The van der Waals surface area contributed by atoms with Gasteiger partial charge < -0.3 is 14.7 Å². The number of aromatic nitrogens is 5. The van der Waals surface area contributed by atoms with Crippen LogP contribution in [0.4, 0.5) is 0 Å². The molecule has 0 bridgehead atoms. The number of benzene rings is 1. The lowest BCUT2D eigenvalue weighted by Gasteiger charge is -2.52. The van der Waals surface area contributed by atoms with Crippen molar-refractivity contribution in [2.75, 3.05) is 19.7 Å². The number of rotatable bonds is 7. The number of pyridine rings is 2. The van der Waals surface area contributed by atoms with Crippen LogP contribution >= 0.6 is 0 Å². The van der Waals surface area contributed by atoms with Crippen molar-refractivity contribution in [1.82, 2.24) is 29.3 Å². The molecule has 1 atom stereocenters. The number of nitriles is 1. The molecule has 1 N–H and O–H groups in total. The lowest BCUT2D eigenvalue weighted by molar-refractivity contribution is -0.130. The number of carbonyl (C=O) groups excluding carboxylic acids is 1. The number of piperidine rings is 1. The van der Waals surface area contributed by atoms with Gasteiger partial charge in [0.25, 0.3) is 0 Å². The minimum absolute atomic E-state index is 0.0155. The number of nitrogens with zero attached hydrogens (tertiary/aromatic N) is 7. The van der Waals surface area contributed by atoms with Crippen LogP contribution in [0.15, 0.2) is 74.0 Å². The van der Waals surface area contributed by atoms with Gasteiger partial charge in [0.15, 0.2) is 0 Å². The van der Waals surface area contributed by atoms with Crippen molar-refractivity contribution < 1.29 is 14.6 Å². The van der Waals surface area contributed by atoms with Crippen LogP contribution in [-0.2, 0) is 4.79 Å². The van der Waals surface area contributed by atoms with Gasteiger partial charge in [-0.2, -0.15) is 15.5 Å². The number of aliphatic hydroxyl groups is 1. The summed E-state index contributed by atoms with van der Waals surface area (Å²) in [5.74, 6) is 0.459. The van der Waals surface area contributed by atoms with Crippen molar-refractivity contribution in [3.8, 4) is 22.9 Å². The van der Waals surface area contributed by atoms with Crippen molar-refractivity contribution >= 4 is 22.2 Å². The van der Waals surface area contributed by atoms with Crippen molar-refractivity contribution in [2.24, 2.45) is 5.41 Å². The molecule has 10 nitrogen and oxygen atoms in total. The van der Waals surface area contributed by atoms with Crippen molar-refractivity contribution in [3.05, 3.63) is 90.8 Å². The first kappa shape index (κ1) is 27.8.